The van der Waals surface area contributed by atoms with Crippen molar-refractivity contribution in [2.45, 2.75) is 38.3 Å². The van der Waals surface area contributed by atoms with Crippen molar-refractivity contribution in [1.82, 2.24) is 4.90 Å². The zero-order chi connectivity index (χ0) is 15.2. The Morgan fingerprint density at radius 3 is 2.71 bits per heavy atom. The van der Waals surface area contributed by atoms with Crippen molar-refractivity contribution >= 4 is 0 Å². The van der Waals surface area contributed by atoms with Crippen molar-refractivity contribution < 1.29 is 13.5 Å². The van der Waals surface area contributed by atoms with Crippen LogP contribution >= 0.6 is 0 Å². The van der Waals surface area contributed by atoms with Gasteiger partial charge in [0.1, 0.15) is 11.6 Å². The van der Waals surface area contributed by atoms with E-state index in [0.717, 1.165) is 38.4 Å². The second kappa shape index (κ2) is 7.82. The Labute approximate surface area is 125 Å². The Morgan fingerprint density at radius 1 is 1.33 bits per heavy atom. The number of halogens is 2. The number of piperidine rings is 1. The fraction of sp³-hybridized carbons (Fsp3) is 0.625. The molecule has 0 spiro atoms. The number of ether oxygens (including phenoxy) is 1. The monoisotopic (exact) mass is 298 g/mol. The summed E-state index contributed by atoms with van der Waals surface area (Å²) in [6, 6.07) is 3.53. The smallest absolute Gasteiger partial charge is 0.128 e. The van der Waals surface area contributed by atoms with Gasteiger partial charge in [-0.05, 0) is 50.9 Å². The first-order valence-corrected chi connectivity index (χ1v) is 7.62. The molecule has 1 aromatic carbocycles. The molecule has 0 aromatic heterocycles. The number of rotatable bonds is 6. The molecule has 0 aliphatic carbocycles. The minimum atomic E-state index is -0.391. The summed E-state index contributed by atoms with van der Waals surface area (Å²) in [5.74, 6) is -0.733. The van der Waals surface area contributed by atoms with Crippen molar-refractivity contribution in [3.05, 3.63) is 35.4 Å². The van der Waals surface area contributed by atoms with E-state index >= 15 is 0 Å². The van der Waals surface area contributed by atoms with Gasteiger partial charge in [-0.25, -0.2) is 8.78 Å². The molecule has 0 amide bonds. The van der Waals surface area contributed by atoms with Crippen LogP contribution in [0.1, 0.15) is 37.8 Å². The number of nitrogens with zero attached hydrogens (tertiary/aromatic N) is 1. The van der Waals surface area contributed by atoms with Gasteiger partial charge >= 0.3 is 0 Å². The third-order valence-corrected chi connectivity index (χ3v) is 4.13. The largest absolute Gasteiger partial charge is 0.378 e. The maximum absolute atomic E-state index is 13.8. The fourth-order valence-corrected chi connectivity index (χ4v) is 2.79. The fourth-order valence-electron chi connectivity index (χ4n) is 2.79. The molecule has 2 rings (SSSR count). The van der Waals surface area contributed by atoms with Crippen LogP contribution in [0.5, 0.6) is 0 Å². The summed E-state index contributed by atoms with van der Waals surface area (Å²) in [6.07, 6.45) is 2.99. The van der Waals surface area contributed by atoms with E-state index < -0.39 is 5.82 Å². The molecular formula is C16H24F2N2O. The van der Waals surface area contributed by atoms with Gasteiger partial charge in [0.25, 0.3) is 0 Å². The van der Waals surface area contributed by atoms with Crippen LogP contribution in [0.15, 0.2) is 18.2 Å². The van der Waals surface area contributed by atoms with E-state index in [0.29, 0.717) is 18.7 Å². The molecule has 21 heavy (non-hydrogen) atoms. The van der Waals surface area contributed by atoms with E-state index in [1.54, 1.807) is 0 Å². The van der Waals surface area contributed by atoms with E-state index in [9.17, 15) is 8.78 Å². The molecule has 3 nitrogen and oxygen atoms in total. The topological polar surface area (TPSA) is 38.5 Å². The lowest BCUT2D eigenvalue weighted by Crippen LogP contribution is -2.39. The molecule has 0 saturated carbocycles. The van der Waals surface area contributed by atoms with Crippen molar-refractivity contribution in [1.29, 1.82) is 0 Å². The van der Waals surface area contributed by atoms with Crippen LogP contribution in [0.4, 0.5) is 8.78 Å². The summed E-state index contributed by atoms with van der Waals surface area (Å²) in [6.45, 7) is 4.95. The molecule has 1 aromatic rings. The van der Waals surface area contributed by atoms with Crippen LogP contribution in [0.3, 0.4) is 0 Å². The lowest BCUT2D eigenvalue weighted by Gasteiger charge is -2.36. The molecule has 1 fully saturated rings. The molecule has 118 valence electrons. The van der Waals surface area contributed by atoms with E-state index in [2.05, 4.69) is 4.90 Å². The highest BCUT2D eigenvalue weighted by atomic mass is 19.1. The average Bonchev–Trinajstić information content (AvgIpc) is 2.50. The van der Waals surface area contributed by atoms with E-state index in [1.165, 1.54) is 12.1 Å². The molecule has 5 heteroatoms. The number of nitrogens with two attached hydrogens (primary N) is 1. The average molecular weight is 298 g/mol. The molecule has 1 atom stereocenters. The van der Waals surface area contributed by atoms with Crippen LogP contribution in [0.25, 0.3) is 0 Å². The molecule has 0 radical (unpaired) electrons. The molecule has 1 saturated heterocycles. The van der Waals surface area contributed by atoms with Crippen molar-refractivity contribution in [3.63, 3.8) is 0 Å². The first-order chi connectivity index (χ1) is 10.1. The van der Waals surface area contributed by atoms with Gasteiger partial charge in [-0.2, -0.15) is 0 Å². The lowest BCUT2D eigenvalue weighted by atomic mass is 10.0. The van der Waals surface area contributed by atoms with Crippen LogP contribution in [-0.2, 0) is 4.74 Å². The Bertz CT molecular complexity index is 448. The number of hydrogen-bond acceptors (Lipinski definition) is 3. The number of hydrogen-bond donors (Lipinski definition) is 1. The molecule has 2 N–H and O–H groups in total. The van der Waals surface area contributed by atoms with E-state index in [1.807, 2.05) is 6.92 Å². The molecule has 1 aliphatic heterocycles. The molecule has 1 unspecified atom stereocenters. The predicted molar refractivity (Wildman–Crippen MR) is 79.0 cm³/mol. The van der Waals surface area contributed by atoms with E-state index in [4.69, 9.17) is 10.5 Å². The van der Waals surface area contributed by atoms with Crippen molar-refractivity contribution in [2.75, 3.05) is 26.2 Å². The zero-order valence-electron chi connectivity index (χ0n) is 12.5. The van der Waals surface area contributed by atoms with E-state index in [-0.39, 0.29) is 18.0 Å². The second-order valence-corrected chi connectivity index (χ2v) is 5.59. The van der Waals surface area contributed by atoms with Crippen molar-refractivity contribution in [3.8, 4) is 0 Å². The second-order valence-electron chi connectivity index (χ2n) is 5.59. The summed E-state index contributed by atoms with van der Waals surface area (Å²) in [4.78, 5) is 2.18. The van der Waals surface area contributed by atoms with Crippen LogP contribution in [0, 0.1) is 11.6 Å². The minimum absolute atomic E-state index is 0.120. The highest BCUT2D eigenvalue weighted by Gasteiger charge is 2.25. The first kappa shape index (κ1) is 16.3. The Balaban J connectivity index is 1.88. The highest BCUT2D eigenvalue weighted by Crippen LogP contribution is 2.27. The summed E-state index contributed by atoms with van der Waals surface area (Å²) >= 11 is 0. The molecule has 0 bridgehead atoms. The SMILES string of the molecule is CC(c1cc(F)ccc1F)N1CCC(OCCCN)CC1. The Hall–Kier alpha value is -1.04. The quantitative estimate of drug-likeness (QED) is 0.821. The Morgan fingerprint density at radius 2 is 2.05 bits per heavy atom. The van der Waals surface area contributed by atoms with Crippen LogP contribution in [0.2, 0.25) is 0 Å². The lowest BCUT2D eigenvalue weighted by molar-refractivity contribution is -0.00106. The zero-order valence-corrected chi connectivity index (χ0v) is 12.5. The normalized spacial score (nSPS) is 18.9. The van der Waals surface area contributed by atoms with Gasteiger partial charge in [-0.3, -0.25) is 4.90 Å². The third-order valence-electron chi connectivity index (χ3n) is 4.13. The highest BCUT2D eigenvalue weighted by molar-refractivity contribution is 5.22. The molecule has 1 aliphatic rings. The van der Waals surface area contributed by atoms with Gasteiger partial charge < -0.3 is 10.5 Å². The minimum Gasteiger partial charge on any atom is -0.378 e. The van der Waals surface area contributed by atoms with Gasteiger partial charge in [-0.15, -0.1) is 0 Å². The van der Waals surface area contributed by atoms with Gasteiger partial charge in [0, 0.05) is 31.3 Å². The molecular weight excluding hydrogens is 274 g/mol. The summed E-state index contributed by atoms with van der Waals surface area (Å²) in [5, 5.41) is 0. The van der Waals surface area contributed by atoms with Gasteiger partial charge in [0.05, 0.1) is 6.10 Å². The standard InChI is InChI=1S/C16H24F2N2O/c1-12(15-11-13(17)3-4-16(15)18)20-8-5-14(6-9-20)21-10-2-7-19/h3-4,11-12,14H,2,5-10,19H2,1H3. The Kier molecular flexibility index (Phi) is 6.08. The van der Waals surface area contributed by atoms with Gasteiger partial charge in [0.2, 0.25) is 0 Å². The number of benzene rings is 1. The summed E-state index contributed by atoms with van der Waals surface area (Å²) < 4.78 is 32.9. The van der Waals surface area contributed by atoms with Gasteiger partial charge in [0.15, 0.2) is 0 Å². The first-order valence-electron chi connectivity index (χ1n) is 7.62. The number of likely N-dealkylation sites (tertiary alicyclic amines) is 1. The van der Waals surface area contributed by atoms with Crippen LogP contribution in [-0.4, -0.2) is 37.2 Å². The third kappa shape index (κ3) is 4.46. The predicted octanol–water partition coefficient (Wildman–Crippen LogP) is 2.86. The summed E-state index contributed by atoms with van der Waals surface area (Å²) in [7, 11) is 0. The van der Waals surface area contributed by atoms with Crippen molar-refractivity contribution in [2.24, 2.45) is 5.73 Å². The molecule has 1 heterocycles. The maximum atomic E-state index is 13.8. The summed E-state index contributed by atoms with van der Waals surface area (Å²) in [5.41, 5.74) is 5.87. The maximum Gasteiger partial charge on any atom is 0.128 e. The van der Waals surface area contributed by atoms with Crippen LogP contribution < -0.4 is 5.73 Å². The van der Waals surface area contributed by atoms with Gasteiger partial charge in [-0.1, -0.05) is 0 Å².